The van der Waals surface area contributed by atoms with Gasteiger partial charge in [-0.2, -0.15) is 24.4 Å². The first kappa shape index (κ1) is 52.9. The normalized spacial score (nSPS) is 12.9. The first-order valence-electron chi connectivity index (χ1n) is 17.5. The average molecular weight is 816 g/mol. The van der Waals surface area contributed by atoms with E-state index in [0.29, 0.717) is 5.75 Å². The summed E-state index contributed by atoms with van der Waals surface area (Å²) in [5, 5.41) is 23.0. The standard InChI is InChI=1S/C20H33NO3S.C15H25Br.C5H9NO3S/c1-15(2)8-6-9-16(3)10-7-11-17(4)12-13-25-14-19(20(23)24)21-18(5)22;1-13(2)7-5-8-14(3)9-6-10-15(4)11-12-16;1-3(7)6-4(2-10)5(8)9/h8,10,12,19H,6-7,9,11,13-14H2,1-5H3,(H,21,22)(H,23,24);7,9,11H,5-6,8,10,12H2,1-4H3;4,10H,2H2,1H3,(H,6,7)(H,8,9)/b16-10+,17-12+;14-9+,15-11+;/t19-;;4-/m0.0/s1. The lowest BCUT2D eigenvalue weighted by atomic mass is 10.1. The zero-order valence-electron chi connectivity index (χ0n) is 32.9. The van der Waals surface area contributed by atoms with Gasteiger partial charge in [0.05, 0.1) is 0 Å². The number of carbonyl (C=O) groups is 4. The van der Waals surface area contributed by atoms with Crippen LogP contribution in [0.4, 0.5) is 0 Å². The Morgan fingerprint density at radius 1 is 0.588 bits per heavy atom. The van der Waals surface area contributed by atoms with Crippen LogP contribution in [0.3, 0.4) is 0 Å². The maximum atomic E-state index is 11.0. The summed E-state index contributed by atoms with van der Waals surface area (Å²) in [6, 6.07) is -1.69. The minimum Gasteiger partial charge on any atom is -0.480 e. The van der Waals surface area contributed by atoms with Crippen molar-refractivity contribution in [3.05, 3.63) is 69.9 Å². The van der Waals surface area contributed by atoms with E-state index < -0.39 is 24.0 Å². The van der Waals surface area contributed by atoms with Crippen LogP contribution in [0, 0.1) is 0 Å². The molecule has 0 fully saturated rings. The third-order valence-electron chi connectivity index (χ3n) is 7.04. The van der Waals surface area contributed by atoms with Crippen molar-refractivity contribution >= 4 is 64.1 Å². The Kier molecular flexibility index (Phi) is 35.8. The smallest absolute Gasteiger partial charge is 0.327 e. The molecule has 0 radical (unpaired) electrons. The predicted molar refractivity (Wildman–Crippen MR) is 226 cm³/mol. The van der Waals surface area contributed by atoms with Crippen LogP contribution in [-0.4, -0.2) is 68.6 Å². The molecule has 0 heterocycles. The van der Waals surface area contributed by atoms with E-state index in [2.05, 4.69) is 131 Å². The Hall–Kier alpha value is -2.50. The Morgan fingerprint density at radius 3 is 1.25 bits per heavy atom. The topological polar surface area (TPSA) is 133 Å². The quantitative estimate of drug-likeness (QED) is 0.0318. The molecule has 8 nitrogen and oxygen atoms in total. The van der Waals surface area contributed by atoms with Crippen molar-refractivity contribution in [2.75, 3.05) is 22.6 Å². The Bertz CT molecular complexity index is 1210. The maximum Gasteiger partial charge on any atom is 0.327 e. The fraction of sp³-hybridized carbons (Fsp3) is 0.600. The molecule has 0 rings (SSSR count). The van der Waals surface area contributed by atoms with Gasteiger partial charge in [0.2, 0.25) is 11.8 Å². The highest BCUT2D eigenvalue weighted by Crippen LogP contribution is 2.14. The maximum absolute atomic E-state index is 11.0. The Morgan fingerprint density at radius 2 is 0.941 bits per heavy atom. The van der Waals surface area contributed by atoms with Gasteiger partial charge in [-0.05, 0) is 107 Å². The van der Waals surface area contributed by atoms with Crippen LogP contribution in [0.15, 0.2) is 69.9 Å². The van der Waals surface area contributed by atoms with Crippen LogP contribution < -0.4 is 10.6 Å². The van der Waals surface area contributed by atoms with Crippen molar-refractivity contribution in [3.8, 4) is 0 Å². The van der Waals surface area contributed by atoms with Crippen LogP contribution in [0.5, 0.6) is 0 Å². The summed E-state index contributed by atoms with van der Waals surface area (Å²) in [4.78, 5) is 42.5. The molecule has 0 aromatic heterocycles. The number of allylic oxidation sites excluding steroid dienone is 11. The van der Waals surface area contributed by atoms with Crippen LogP contribution in [0.1, 0.15) is 121 Å². The number of nitrogens with one attached hydrogen (secondary N) is 2. The fourth-order valence-electron chi connectivity index (χ4n) is 4.05. The molecule has 292 valence electrons. The summed E-state index contributed by atoms with van der Waals surface area (Å²) >= 11 is 8.67. The molecule has 0 aliphatic carbocycles. The highest BCUT2D eigenvalue weighted by atomic mass is 79.9. The first-order valence-corrected chi connectivity index (χ1v) is 20.4. The van der Waals surface area contributed by atoms with Gasteiger partial charge < -0.3 is 20.8 Å². The molecular formula is C40H67BrN2O6S2. The molecule has 0 aromatic carbocycles. The third-order valence-corrected chi connectivity index (χ3v) is 8.70. The van der Waals surface area contributed by atoms with E-state index in [1.807, 2.05) is 0 Å². The fourth-order valence-corrected chi connectivity index (χ4v) is 5.85. The van der Waals surface area contributed by atoms with E-state index in [9.17, 15) is 19.2 Å². The number of aliphatic carboxylic acids is 2. The van der Waals surface area contributed by atoms with Crippen molar-refractivity contribution in [2.45, 2.75) is 133 Å². The number of thioether (sulfide) groups is 1. The molecular weight excluding hydrogens is 748 g/mol. The summed E-state index contributed by atoms with van der Waals surface area (Å²) < 4.78 is 0. The molecule has 0 aliphatic rings. The number of hydrogen-bond acceptors (Lipinski definition) is 6. The lowest BCUT2D eigenvalue weighted by Crippen LogP contribution is -2.41. The van der Waals surface area contributed by atoms with Gasteiger partial charge in [-0.3, -0.25) is 9.59 Å². The number of alkyl halides is 1. The van der Waals surface area contributed by atoms with Gasteiger partial charge in [0, 0.05) is 36.4 Å². The van der Waals surface area contributed by atoms with Crippen LogP contribution in [0.25, 0.3) is 0 Å². The van der Waals surface area contributed by atoms with Crippen LogP contribution in [-0.2, 0) is 19.2 Å². The molecule has 0 spiro atoms. The number of halogens is 1. The average Bonchev–Trinajstić information content (AvgIpc) is 3.01. The second-order valence-electron chi connectivity index (χ2n) is 13.0. The molecule has 0 saturated carbocycles. The number of carboxylic acids is 2. The van der Waals surface area contributed by atoms with Gasteiger partial charge in [-0.1, -0.05) is 85.8 Å². The third kappa shape index (κ3) is 40.1. The molecule has 4 N–H and O–H groups in total. The number of carboxylic acid groups (broad SMARTS) is 2. The number of rotatable bonds is 22. The SMILES string of the molecule is CC(=O)N[C@@H](CS)C(=O)O.CC(=O)N[C@@H](CSC/C=C(\C)CC/C=C(\C)CCC=C(C)C)C(=O)O.CC(C)=CCC/C(C)=C/CC/C(C)=C/CBr. The first-order chi connectivity index (χ1) is 23.9. The number of carbonyl (C=O) groups excluding carboxylic acids is 2. The second kappa shape index (κ2) is 34.6. The van der Waals surface area contributed by atoms with E-state index in [-0.39, 0.29) is 17.6 Å². The van der Waals surface area contributed by atoms with Crippen LogP contribution >= 0.6 is 40.3 Å². The molecule has 0 aromatic rings. The van der Waals surface area contributed by atoms with Crippen molar-refractivity contribution in [1.29, 1.82) is 0 Å². The largest absolute Gasteiger partial charge is 0.480 e. The van der Waals surface area contributed by atoms with Crippen molar-refractivity contribution < 1.29 is 29.4 Å². The monoisotopic (exact) mass is 814 g/mol. The van der Waals surface area contributed by atoms with E-state index in [4.69, 9.17) is 10.2 Å². The summed E-state index contributed by atoms with van der Waals surface area (Å²) in [5.74, 6) is -1.48. The zero-order chi connectivity index (χ0) is 39.8. The molecule has 2 atom stereocenters. The molecule has 0 saturated heterocycles. The minimum atomic E-state index is -1.06. The van der Waals surface area contributed by atoms with E-state index in [1.165, 1.54) is 84.7 Å². The number of hydrogen-bond donors (Lipinski definition) is 5. The summed E-state index contributed by atoms with van der Waals surface area (Å²) in [5.41, 5.74) is 8.53. The number of thiol groups is 1. The lowest BCUT2D eigenvalue weighted by molar-refractivity contribution is -0.141. The van der Waals surface area contributed by atoms with Crippen molar-refractivity contribution in [2.24, 2.45) is 0 Å². The Balaban J connectivity index is -0.000000754. The lowest BCUT2D eigenvalue weighted by Gasteiger charge is -2.12. The van der Waals surface area contributed by atoms with Crippen molar-refractivity contribution in [1.82, 2.24) is 10.6 Å². The molecule has 0 unspecified atom stereocenters. The minimum absolute atomic E-state index is 0.106. The van der Waals surface area contributed by atoms with Gasteiger partial charge >= 0.3 is 11.9 Å². The zero-order valence-corrected chi connectivity index (χ0v) is 36.2. The number of amides is 2. The second-order valence-corrected chi connectivity index (χ2v) is 15.1. The Labute approximate surface area is 327 Å². The van der Waals surface area contributed by atoms with Crippen LogP contribution in [0.2, 0.25) is 0 Å². The van der Waals surface area contributed by atoms with Gasteiger partial charge in [0.15, 0.2) is 0 Å². The van der Waals surface area contributed by atoms with Gasteiger partial charge in [-0.15, -0.1) is 0 Å². The summed E-state index contributed by atoms with van der Waals surface area (Å²) in [6.07, 6.45) is 22.7. The molecule has 0 aliphatic heterocycles. The van der Waals surface area contributed by atoms with Gasteiger partial charge in [-0.25, -0.2) is 9.59 Å². The van der Waals surface area contributed by atoms with Gasteiger partial charge in [0.1, 0.15) is 12.1 Å². The molecule has 0 bridgehead atoms. The molecule has 2 amide bonds. The van der Waals surface area contributed by atoms with E-state index in [1.54, 1.807) is 0 Å². The summed E-state index contributed by atoms with van der Waals surface area (Å²) in [7, 11) is 0. The van der Waals surface area contributed by atoms with E-state index in [0.717, 1.165) is 36.8 Å². The predicted octanol–water partition coefficient (Wildman–Crippen LogP) is 10.0. The highest BCUT2D eigenvalue weighted by Gasteiger charge is 2.17. The van der Waals surface area contributed by atoms with E-state index >= 15 is 0 Å². The highest BCUT2D eigenvalue weighted by molar-refractivity contribution is 9.09. The van der Waals surface area contributed by atoms with Gasteiger partial charge in [0.25, 0.3) is 0 Å². The molecule has 11 heteroatoms. The molecule has 51 heavy (non-hydrogen) atoms. The van der Waals surface area contributed by atoms with Crippen molar-refractivity contribution in [3.63, 3.8) is 0 Å². The summed E-state index contributed by atoms with van der Waals surface area (Å²) in [6.45, 7) is 19.9.